The van der Waals surface area contributed by atoms with E-state index in [4.69, 9.17) is 6.57 Å². The molecule has 4 nitrogen and oxygen atoms in total. The third-order valence-corrected chi connectivity index (χ3v) is 1.69. The monoisotopic (exact) mass is 171 g/mol. The van der Waals surface area contributed by atoms with Gasteiger partial charge in [0, 0.05) is 0 Å². The van der Waals surface area contributed by atoms with E-state index in [9.17, 15) is 4.79 Å². The summed E-state index contributed by atoms with van der Waals surface area (Å²) in [6.45, 7) is 6.79. The lowest BCUT2D eigenvalue weighted by Crippen LogP contribution is -2.04. The SMILES string of the molecule is [C-]#[N+]c1ccc2[nH]c(=O)cnc2c1. The number of aromatic nitrogens is 2. The van der Waals surface area contributed by atoms with Gasteiger partial charge in [0.25, 0.3) is 5.56 Å². The molecule has 0 bridgehead atoms. The molecule has 0 aliphatic heterocycles. The van der Waals surface area contributed by atoms with Gasteiger partial charge >= 0.3 is 0 Å². The maximum atomic E-state index is 10.9. The van der Waals surface area contributed by atoms with Crippen molar-refractivity contribution in [3.63, 3.8) is 0 Å². The molecule has 0 radical (unpaired) electrons. The first-order valence-electron chi connectivity index (χ1n) is 3.66. The van der Waals surface area contributed by atoms with Crippen molar-refractivity contribution in [1.29, 1.82) is 0 Å². The quantitative estimate of drug-likeness (QED) is 0.610. The number of aromatic amines is 1. The van der Waals surface area contributed by atoms with E-state index in [2.05, 4.69) is 14.8 Å². The zero-order chi connectivity index (χ0) is 9.26. The zero-order valence-electron chi connectivity index (χ0n) is 6.61. The summed E-state index contributed by atoms with van der Waals surface area (Å²) in [5, 5.41) is 0. The van der Waals surface area contributed by atoms with Gasteiger partial charge in [0.05, 0.1) is 23.8 Å². The maximum Gasteiger partial charge on any atom is 0.266 e. The minimum Gasteiger partial charge on any atom is -0.319 e. The Bertz CT molecular complexity index is 551. The second-order valence-electron chi connectivity index (χ2n) is 2.56. The van der Waals surface area contributed by atoms with Crippen molar-refractivity contribution in [1.82, 2.24) is 9.97 Å². The number of H-pyrrole nitrogens is 1. The molecule has 0 saturated carbocycles. The Kier molecular flexibility index (Phi) is 1.57. The van der Waals surface area contributed by atoms with E-state index in [-0.39, 0.29) is 5.56 Å². The van der Waals surface area contributed by atoms with Crippen LogP contribution in [0, 0.1) is 6.57 Å². The summed E-state index contributed by atoms with van der Waals surface area (Å²) < 4.78 is 0. The molecule has 0 saturated heterocycles. The van der Waals surface area contributed by atoms with Gasteiger partial charge in [-0.1, -0.05) is 6.07 Å². The van der Waals surface area contributed by atoms with Gasteiger partial charge < -0.3 is 4.98 Å². The zero-order valence-corrected chi connectivity index (χ0v) is 6.61. The number of nitrogens with one attached hydrogen (secondary N) is 1. The molecular weight excluding hydrogens is 166 g/mol. The van der Waals surface area contributed by atoms with Crippen LogP contribution in [0.15, 0.2) is 29.2 Å². The molecule has 0 amide bonds. The molecule has 0 aliphatic carbocycles. The average Bonchev–Trinajstić information content (AvgIpc) is 2.17. The summed E-state index contributed by atoms with van der Waals surface area (Å²) in [7, 11) is 0. The smallest absolute Gasteiger partial charge is 0.266 e. The number of hydrogen-bond donors (Lipinski definition) is 1. The molecule has 0 unspecified atom stereocenters. The second-order valence-corrected chi connectivity index (χ2v) is 2.56. The molecular formula is C9H5N3O. The van der Waals surface area contributed by atoms with Gasteiger partial charge in [-0.3, -0.25) is 9.78 Å². The first kappa shape index (κ1) is 7.50. The van der Waals surface area contributed by atoms with E-state index in [1.165, 1.54) is 6.20 Å². The topological polar surface area (TPSA) is 50.1 Å². The largest absolute Gasteiger partial charge is 0.319 e. The Balaban J connectivity index is 2.82. The predicted molar refractivity (Wildman–Crippen MR) is 48.6 cm³/mol. The molecule has 1 aromatic carbocycles. The van der Waals surface area contributed by atoms with Gasteiger partial charge in [0.1, 0.15) is 0 Å². The highest BCUT2D eigenvalue weighted by molar-refractivity contribution is 5.78. The fourth-order valence-corrected chi connectivity index (χ4v) is 1.10. The summed E-state index contributed by atoms with van der Waals surface area (Å²) in [6, 6.07) is 4.96. The fourth-order valence-electron chi connectivity index (χ4n) is 1.10. The van der Waals surface area contributed by atoms with E-state index in [0.29, 0.717) is 16.7 Å². The van der Waals surface area contributed by atoms with Crippen molar-refractivity contribution >= 4 is 16.7 Å². The van der Waals surface area contributed by atoms with Crippen LogP contribution in [-0.4, -0.2) is 9.97 Å². The lowest BCUT2D eigenvalue weighted by molar-refractivity contribution is 1.22. The van der Waals surface area contributed by atoms with Crippen molar-refractivity contribution in [2.75, 3.05) is 0 Å². The normalized spacial score (nSPS) is 9.77. The standard InChI is InChI=1S/C9H5N3O/c1-10-6-2-3-7-8(4-6)11-5-9(13)12-7/h2-5H,(H,12,13). The molecule has 62 valence electrons. The Morgan fingerprint density at radius 1 is 1.46 bits per heavy atom. The molecule has 2 aromatic rings. The maximum absolute atomic E-state index is 10.9. The molecule has 0 atom stereocenters. The van der Waals surface area contributed by atoms with Gasteiger partial charge in [-0.05, 0) is 12.1 Å². The Morgan fingerprint density at radius 2 is 2.31 bits per heavy atom. The molecule has 1 aromatic heterocycles. The number of nitrogens with zero attached hydrogens (tertiary/aromatic N) is 2. The summed E-state index contributed by atoms with van der Waals surface area (Å²) in [5.74, 6) is 0. The molecule has 0 spiro atoms. The van der Waals surface area contributed by atoms with Gasteiger partial charge in [-0.25, -0.2) is 4.85 Å². The van der Waals surface area contributed by atoms with Crippen molar-refractivity contribution in [2.24, 2.45) is 0 Å². The van der Waals surface area contributed by atoms with Gasteiger partial charge in [-0.2, -0.15) is 0 Å². The highest BCUT2D eigenvalue weighted by Gasteiger charge is 1.96. The van der Waals surface area contributed by atoms with Crippen LogP contribution in [-0.2, 0) is 0 Å². The molecule has 2 rings (SSSR count). The fraction of sp³-hybridized carbons (Fsp3) is 0. The lowest BCUT2D eigenvalue weighted by atomic mass is 10.3. The van der Waals surface area contributed by atoms with Crippen molar-refractivity contribution < 1.29 is 0 Å². The minimum absolute atomic E-state index is 0.233. The van der Waals surface area contributed by atoms with E-state index in [1.54, 1.807) is 18.2 Å². The van der Waals surface area contributed by atoms with Crippen molar-refractivity contribution in [3.8, 4) is 0 Å². The van der Waals surface area contributed by atoms with Crippen LogP contribution in [0.5, 0.6) is 0 Å². The number of rotatable bonds is 0. The molecule has 4 heteroatoms. The first-order valence-corrected chi connectivity index (χ1v) is 3.66. The predicted octanol–water partition coefficient (Wildman–Crippen LogP) is 1.47. The highest BCUT2D eigenvalue weighted by atomic mass is 16.1. The van der Waals surface area contributed by atoms with Gasteiger partial charge in [0.15, 0.2) is 5.69 Å². The average molecular weight is 171 g/mol. The Labute approximate surface area is 73.7 Å². The Hall–Kier alpha value is -2.15. The van der Waals surface area contributed by atoms with Crippen LogP contribution in [0.25, 0.3) is 15.9 Å². The van der Waals surface area contributed by atoms with Crippen LogP contribution < -0.4 is 5.56 Å². The van der Waals surface area contributed by atoms with E-state index < -0.39 is 0 Å². The molecule has 0 fully saturated rings. The van der Waals surface area contributed by atoms with E-state index >= 15 is 0 Å². The molecule has 1 N–H and O–H groups in total. The van der Waals surface area contributed by atoms with Gasteiger partial charge in [-0.15, -0.1) is 0 Å². The third-order valence-electron chi connectivity index (χ3n) is 1.69. The number of fused-ring (bicyclic) bond motifs is 1. The number of hydrogen-bond acceptors (Lipinski definition) is 2. The van der Waals surface area contributed by atoms with Crippen LogP contribution >= 0.6 is 0 Å². The van der Waals surface area contributed by atoms with Crippen LogP contribution in [0.1, 0.15) is 0 Å². The van der Waals surface area contributed by atoms with Crippen LogP contribution in [0.4, 0.5) is 5.69 Å². The summed E-state index contributed by atoms with van der Waals surface area (Å²) in [5.41, 5.74) is 1.57. The minimum atomic E-state index is -0.233. The van der Waals surface area contributed by atoms with Crippen molar-refractivity contribution in [2.45, 2.75) is 0 Å². The molecule has 1 heterocycles. The van der Waals surface area contributed by atoms with Crippen molar-refractivity contribution in [3.05, 3.63) is 46.2 Å². The summed E-state index contributed by atoms with van der Waals surface area (Å²) >= 11 is 0. The molecule has 0 aliphatic rings. The van der Waals surface area contributed by atoms with Crippen LogP contribution in [0.2, 0.25) is 0 Å². The summed E-state index contributed by atoms with van der Waals surface area (Å²) in [4.78, 5) is 20.6. The lowest BCUT2D eigenvalue weighted by Gasteiger charge is -1.95. The van der Waals surface area contributed by atoms with E-state index in [1.807, 2.05) is 0 Å². The Morgan fingerprint density at radius 3 is 3.08 bits per heavy atom. The van der Waals surface area contributed by atoms with E-state index in [0.717, 1.165) is 0 Å². The highest BCUT2D eigenvalue weighted by Crippen LogP contribution is 2.16. The summed E-state index contributed by atoms with van der Waals surface area (Å²) in [6.07, 6.45) is 1.20. The first-order chi connectivity index (χ1) is 6.29. The molecule has 13 heavy (non-hydrogen) atoms. The number of benzene rings is 1. The van der Waals surface area contributed by atoms with Gasteiger partial charge in [0.2, 0.25) is 0 Å². The van der Waals surface area contributed by atoms with Crippen LogP contribution in [0.3, 0.4) is 0 Å². The third kappa shape index (κ3) is 1.27. The second kappa shape index (κ2) is 2.72.